The number of benzene rings is 1. The van der Waals surface area contributed by atoms with E-state index in [2.05, 4.69) is 19.1 Å². The normalized spacial score (nSPS) is 14.9. The van der Waals surface area contributed by atoms with Gasteiger partial charge in [-0.25, -0.2) is 0 Å². The van der Waals surface area contributed by atoms with Crippen LogP contribution in [0.15, 0.2) is 29.8 Å². The maximum atomic E-state index is 11.6. The minimum atomic E-state index is 0.289. The molecule has 0 aliphatic heterocycles. The van der Waals surface area contributed by atoms with Gasteiger partial charge in [0.05, 0.1) is 6.61 Å². The molecule has 0 bridgehead atoms. The van der Waals surface area contributed by atoms with Crippen molar-refractivity contribution >= 4 is 11.4 Å². The van der Waals surface area contributed by atoms with Gasteiger partial charge >= 0.3 is 0 Å². The van der Waals surface area contributed by atoms with Crippen molar-refractivity contribution in [2.75, 3.05) is 6.61 Å². The summed E-state index contributed by atoms with van der Waals surface area (Å²) < 4.78 is 5.77. The van der Waals surface area contributed by atoms with Crippen molar-refractivity contribution in [2.45, 2.75) is 58.8 Å². The molecule has 114 valence electrons. The third kappa shape index (κ3) is 4.45. The average molecular weight is 286 g/mol. The maximum absolute atomic E-state index is 11.6. The summed E-state index contributed by atoms with van der Waals surface area (Å²) in [6.45, 7) is 4.96. The number of ketones is 1. The van der Waals surface area contributed by atoms with Gasteiger partial charge in [-0.3, -0.25) is 4.79 Å². The highest BCUT2D eigenvalue weighted by atomic mass is 16.5. The standard InChI is InChI=1S/C19H26O2/c1-3-4-5-6-7-14-21-17-10-8-16(9-11-17)18-12-13-19(20)15(18)2/h8-11H,3-7,12-14H2,1-2H3. The van der Waals surface area contributed by atoms with Crippen LogP contribution in [0.25, 0.3) is 5.57 Å². The molecule has 0 fully saturated rings. The lowest BCUT2D eigenvalue weighted by Crippen LogP contribution is -1.97. The fourth-order valence-corrected chi connectivity index (χ4v) is 2.79. The lowest BCUT2D eigenvalue weighted by molar-refractivity contribution is -0.114. The zero-order valence-electron chi connectivity index (χ0n) is 13.3. The van der Waals surface area contributed by atoms with E-state index in [1.807, 2.05) is 19.1 Å². The summed E-state index contributed by atoms with van der Waals surface area (Å²) in [4.78, 5) is 11.6. The first-order valence-corrected chi connectivity index (χ1v) is 8.18. The van der Waals surface area contributed by atoms with Crippen LogP contribution in [0, 0.1) is 0 Å². The molecule has 0 amide bonds. The molecule has 0 saturated carbocycles. The molecule has 1 aliphatic rings. The van der Waals surface area contributed by atoms with E-state index in [4.69, 9.17) is 4.74 Å². The van der Waals surface area contributed by atoms with Gasteiger partial charge in [0.15, 0.2) is 5.78 Å². The summed E-state index contributed by atoms with van der Waals surface area (Å²) in [5, 5.41) is 0. The first-order chi connectivity index (χ1) is 10.2. The highest BCUT2D eigenvalue weighted by molar-refractivity contribution is 6.06. The Morgan fingerprint density at radius 3 is 2.33 bits per heavy atom. The van der Waals surface area contributed by atoms with Crippen LogP contribution in [0.5, 0.6) is 5.75 Å². The van der Waals surface area contributed by atoms with Gasteiger partial charge in [0.25, 0.3) is 0 Å². The first-order valence-electron chi connectivity index (χ1n) is 8.18. The number of unbranched alkanes of at least 4 members (excludes halogenated alkanes) is 4. The van der Waals surface area contributed by atoms with E-state index >= 15 is 0 Å². The van der Waals surface area contributed by atoms with Crippen LogP contribution in [-0.2, 0) is 4.79 Å². The van der Waals surface area contributed by atoms with E-state index < -0.39 is 0 Å². The zero-order valence-corrected chi connectivity index (χ0v) is 13.3. The maximum Gasteiger partial charge on any atom is 0.159 e. The number of rotatable bonds is 8. The van der Waals surface area contributed by atoms with E-state index in [1.54, 1.807) is 0 Å². The molecule has 0 radical (unpaired) electrons. The van der Waals surface area contributed by atoms with Gasteiger partial charge < -0.3 is 4.74 Å². The molecule has 0 aromatic heterocycles. The van der Waals surface area contributed by atoms with E-state index in [0.29, 0.717) is 6.42 Å². The summed E-state index contributed by atoms with van der Waals surface area (Å²) in [6, 6.07) is 8.18. The fourth-order valence-electron chi connectivity index (χ4n) is 2.79. The predicted octanol–water partition coefficient (Wildman–Crippen LogP) is 5.17. The topological polar surface area (TPSA) is 26.3 Å². The zero-order chi connectivity index (χ0) is 15.1. The van der Waals surface area contributed by atoms with E-state index in [9.17, 15) is 4.79 Å². The number of hydrogen-bond donors (Lipinski definition) is 0. The molecule has 1 aliphatic carbocycles. The summed E-state index contributed by atoms with van der Waals surface area (Å²) in [5.74, 6) is 1.22. The predicted molar refractivity (Wildman–Crippen MR) is 87.5 cm³/mol. The molecule has 2 heteroatoms. The average Bonchev–Trinajstić information content (AvgIpc) is 2.83. The monoisotopic (exact) mass is 286 g/mol. The van der Waals surface area contributed by atoms with Crippen molar-refractivity contribution in [3.8, 4) is 5.75 Å². The van der Waals surface area contributed by atoms with Crippen molar-refractivity contribution < 1.29 is 9.53 Å². The summed E-state index contributed by atoms with van der Waals surface area (Å²) in [7, 11) is 0. The summed E-state index contributed by atoms with van der Waals surface area (Å²) in [5.41, 5.74) is 3.29. The highest BCUT2D eigenvalue weighted by Gasteiger charge is 2.19. The van der Waals surface area contributed by atoms with Crippen LogP contribution < -0.4 is 4.74 Å². The van der Waals surface area contributed by atoms with E-state index in [0.717, 1.165) is 36.3 Å². The van der Waals surface area contributed by atoms with Gasteiger partial charge in [-0.15, -0.1) is 0 Å². The number of carbonyl (C=O) groups excluding carboxylic acids is 1. The third-order valence-electron chi connectivity index (χ3n) is 4.19. The van der Waals surface area contributed by atoms with E-state index in [-0.39, 0.29) is 5.78 Å². The van der Waals surface area contributed by atoms with Gasteiger partial charge in [-0.2, -0.15) is 0 Å². The van der Waals surface area contributed by atoms with Crippen molar-refractivity contribution in [2.24, 2.45) is 0 Å². The van der Waals surface area contributed by atoms with Crippen LogP contribution in [0.4, 0.5) is 0 Å². The van der Waals surface area contributed by atoms with Crippen molar-refractivity contribution in [3.05, 3.63) is 35.4 Å². The number of ether oxygens (including phenoxy) is 1. The molecular formula is C19H26O2. The third-order valence-corrected chi connectivity index (χ3v) is 4.19. The van der Waals surface area contributed by atoms with Crippen LogP contribution in [0.2, 0.25) is 0 Å². The number of Topliss-reactive ketones (excluding diaryl/α,β-unsaturated/α-hetero) is 1. The van der Waals surface area contributed by atoms with Gasteiger partial charge in [0, 0.05) is 6.42 Å². The molecule has 2 nitrogen and oxygen atoms in total. The molecule has 0 N–H and O–H groups in total. The Bertz CT molecular complexity index is 497. The molecule has 0 unspecified atom stereocenters. The quantitative estimate of drug-likeness (QED) is 0.616. The Morgan fingerprint density at radius 1 is 1.00 bits per heavy atom. The molecular weight excluding hydrogens is 260 g/mol. The largest absolute Gasteiger partial charge is 0.494 e. The Labute approximate surface area is 128 Å². The number of hydrogen-bond acceptors (Lipinski definition) is 2. The smallest absolute Gasteiger partial charge is 0.159 e. The second-order valence-electron chi connectivity index (χ2n) is 5.81. The summed E-state index contributed by atoms with van der Waals surface area (Å²) >= 11 is 0. The van der Waals surface area contributed by atoms with Gasteiger partial charge in [0.2, 0.25) is 0 Å². The van der Waals surface area contributed by atoms with Gasteiger partial charge in [-0.05, 0) is 48.6 Å². The molecule has 0 heterocycles. The lowest BCUT2D eigenvalue weighted by Gasteiger charge is -2.08. The van der Waals surface area contributed by atoms with Gasteiger partial charge in [0.1, 0.15) is 5.75 Å². The number of carbonyl (C=O) groups is 1. The van der Waals surface area contributed by atoms with Crippen molar-refractivity contribution in [1.82, 2.24) is 0 Å². The minimum Gasteiger partial charge on any atom is -0.494 e. The molecule has 2 rings (SSSR count). The van der Waals surface area contributed by atoms with Gasteiger partial charge in [-0.1, -0.05) is 44.7 Å². The van der Waals surface area contributed by atoms with Crippen LogP contribution in [-0.4, -0.2) is 12.4 Å². The highest BCUT2D eigenvalue weighted by Crippen LogP contribution is 2.32. The Kier molecular flexibility index (Phi) is 6.04. The Balaban J connectivity index is 1.81. The van der Waals surface area contributed by atoms with Crippen molar-refractivity contribution in [3.63, 3.8) is 0 Å². The molecule has 0 saturated heterocycles. The molecule has 1 aromatic rings. The van der Waals surface area contributed by atoms with Crippen LogP contribution >= 0.6 is 0 Å². The van der Waals surface area contributed by atoms with E-state index in [1.165, 1.54) is 31.3 Å². The van der Waals surface area contributed by atoms with Crippen LogP contribution in [0.3, 0.4) is 0 Å². The SMILES string of the molecule is CCCCCCCOc1ccc(C2=C(C)C(=O)CC2)cc1. The fraction of sp³-hybridized carbons (Fsp3) is 0.526. The van der Waals surface area contributed by atoms with Crippen molar-refractivity contribution in [1.29, 1.82) is 0 Å². The molecule has 0 spiro atoms. The molecule has 0 atom stereocenters. The Morgan fingerprint density at radius 2 is 1.71 bits per heavy atom. The first kappa shape index (κ1) is 15.8. The summed E-state index contributed by atoms with van der Waals surface area (Å²) in [6.07, 6.45) is 7.82. The minimum absolute atomic E-state index is 0.289. The number of allylic oxidation sites excluding steroid dienone is 2. The lowest BCUT2D eigenvalue weighted by atomic mass is 10.0. The van der Waals surface area contributed by atoms with Crippen LogP contribution in [0.1, 0.15) is 64.4 Å². The molecule has 1 aromatic carbocycles. The second-order valence-corrected chi connectivity index (χ2v) is 5.81. The second kappa shape index (κ2) is 8.02. The Hall–Kier alpha value is -1.57. The molecule has 21 heavy (non-hydrogen) atoms.